The number of rotatable bonds is 10. The molecule has 1 amide bonds. The van der Waals surface area contributed by atoms with Crippen molar-refractivity contribution < 1.29 is 28.5 Å². The first-order valence-corrected chi connectivity index (χ1v) is 17.5. The van der Waals surface area contributed by atoms with Gasteiger partial charge in [0.25, 0.3) is 5.56 Å². The van der Waals surface area contributed by atoms with Crippen LogP contribution in [0.3, 0.4) is 0 Å². The molecule has 5 atom stereocenters. The Bertz CT molecular complexity index is 2490. The molecule has 9 rings (SSSR count). The van der Waals surface area contributed by atoms with E-state index in [0.29, 0.717) is 23.7 Å². The SMILES string of the molecule is C[C@@H](Nc1cnc(-c2ccc(O[C@@H]3CO[C@H]4[C@@H]3OC[C@H]4O)cc2)n(CC(=O)NCc2cc3cnccc3[nH]2)c1=O)c1ccc2oc3ccccc3c2c1. The van der Waals surface area contributed by atoms with Crippen molar-refractivity contribution in [1.82, 2.24) is 24.8 Å². The molecule has 2 aliphatic heterocycles. The van der Waals surface area contributed by atoms with E-state index in [2.05, 4.69) is 26.7 Å². The van der Waals surface area contributed by atoms with Gasteiger partial charge in [0.05, 0.1) is 26.0 Å². The number of aliphatic hydroxyl groups excluding tert-OH is 1. The van der Waals surface area contributed by atoms with Crippen molar-refractivity contribution in [3.63, 3.8) is 0 Å². The summed E-state index contributed by atoms with van der Waals surface area (Å²) in [6.45, 7) is 2.46. The molecule has 13 heteroatoms. The molecule has 4 aromatic heterocycles. The molecule has 0 radical (unpaired) electrons. The second-order valence-electron chi connectivity index (χ2n) is 13.5. The average molecular weight is 713 g/mol. The fourth-order valence-electron chi connectivity index (χ4n) is 7.22. The summed E-state index contributed by atoms with van der Waals surface area (Å²) in [5, 5.41) is 19.3. The van der Waals surface area contributed by atoms with Gasteiger partial charge in [-0.2, -0.15) is 0 Å². The number of aliphatic hydroxyl groups is 1. The number of amides is 1. The maximum atomic E-state index is 14.2. The smallest absolute Gasteiger partial charge is 0.277 e. The standard InChI is InChI=1S/C40H36N6O7/c1-22(24-8-11-34-29(15-24)28-4-2-3-5-33(28)53-34)44-31-18-43-39(23-6-9-27(10-7-23)52-35-21-51-37-32(47)20-50-38(35)37)46(40(31)49)19-36(48)42-17-26-14-25-16-41-13-12-30(25)45-26/h2-16,18,22,32,35,37-38,44-45,47H,17,19-21H2,1H3,(H,42,48)/t22-,32-,35-,37-,38-/m1/s1. The highest BCUT2D eigenvalue weighted by atomic mass is 16.6. The van der Waals surface area contributed by atoms with Gasteiger partial charge in [-0.1, -0.05) is 24.3 Å². The van der Waals surface area contributed by atoms with E-state index in [1.165, 1.54) is 10.8 Å². The zero-order valence-electron chi connectivity index (χ0n) is 28.7. The van der Waals surface area contributed by atoms with Gasteiger partial charge in [0.2, 0.25) is 5.91 Å². The maximum Gasteiger partial charge on any atom is 0.277 e. The first kappa shape index (κ1) is 32.9. The van der Waals surface area contributed by atoms with Gasteiger partial charge in [-0.25, -0.2) is 4.98 Å². The number of H-pyrrole nitrogens is 1. The lowest BCUT2D eigenvalue weighted by Gasteiger charge is -2.19. The number of aromatic nitrogens is 4. The molecule has 4 N–H and O–H groups in total. The number of ether oxygens (including phenoxy) is 3. The molecule has 3 aromatic carbocycles. The molecule has 2 aliphatic rings. The monoisotopic (exact) mass is 712 g/mol. The fraction of sp³-hybridized carbons (Fsp3) is 0.250. The predicted molar refractivity (Wildman–Crippen MR) is 198 cm³/mol. The molecule has 0 saturated carbocycles. The van der Waals surface area contributed by atoms with Crippen LogP contribution in [-0.2, 0) is 27.4 Å². The predicted octanol–water partition coefficient (Wildman–Crippen LogP) is 5.08. The van der Waals surface area contributed by atoms with Crippen molar-refractivity contribution >= 4 is 44.4 Å². The Morgan fingerprint density at radius 2 is 1.83 bits per heavy atom. The van der Waals surface area contributed by atoms with Crippen LogP contribution >= 0.6 is 0 Å². The Morgan fingerprint density at radius 3 is 2.70 bits per heavy atom. The minimum atomic E-state index is -0.670. The number of benzene rings is 3. The average Bonchev–Trinajstić information content (AvgIpc) is 3.96. The van der Waals surface area contributed by atoms with E-state index in [1.54, 1.807) is 36.7 Å². The van der Waals surface area contributed by atoms with E-state index in [4.69, 9.17) is 23.6 Å². The summed E-state index contributed by atoms with van der Waals surface area (Å²) in [6.07, 6.45) is 3.18. The number of pyridine rings is 1. The van der Waals surface area contributed by atoms with Crippen LogP contribution in [0.4, 0.5) is 5.69 Å². The topological polar surface area (TPSA) is 166 Å². The summed E-state index contributed by atoms with van der Waals surface area (Å²) in [7, 11) is 0. The van der Waals surface area contributed by atoms with E-state index in [9.17, 15) is 14.7 Å². The van der Waals surface area contributed by atoms with Crippen LogP contribution in [0.15, 0.2) is 107 Å². The maximum absolute atomic E-state index is 14.2. The Hall–Kier alpha value is -6.02. The van der Waals surface area contributed by atoms with Crippen molar-refractivity contribution in [1.29, 1.82) is 0 Å². The van der Waals surface area contributed by atoms with Crippen molar-refractivity contribution in [3.05, 3.63) is 119 Å². The summed E-state index contributed by atoms with van der Waals surface area (Å²) >= 11 is 0. The molecule has 2 fully saturated rings. The van der Waals surface area contributed by atoms with E-state index in [-0.39, 0.29) is 49.5 Å². The van der Waals surface area contributed by atoms with Crippen LogP contribution in [0.2, 0.25) is 0 Å². The molecule has 0 bridgehead atoms. The molecule has 0 unspecified atom stereocenters. The second kappa shape index (κ2) is 13.5. The van der Waals surface area contributed by atoms with Gasteiger partial charge in [0.15, 0.2) is 6.10 Å². The zero-order chi connectivity index (χ0) is 36.1. The number of aromatic amines is 1. The number of nitrogens with zero attached hydrogens (tertiary/aromatic N) is 3. The van der Waals surface area contributed by atoms with Crippen molar-refractivity contribution in [2.45, 2.75) is 50.5 Å². The Kier molecular flexibility index (Phi) is 8.38. The lowest BCUT2D eigenvalue weighted by Crippen LogP contribution is -2.34. The first-order valence-electron chi connectivity index (χ1n) is 17.5. The quantitative estimate of drug-likeness (QED) is 0.150. The van der Waals surface area contributed by atoms with Crippen LogP contribution in [0.25, 0.3) is 44.2 Å². The number of nitrogens with one attached hydrogen (secondary N) is 3. The third-order valence-electron chi connectivity index (χ3n) is 9.96. The summed E-state index contributed by atoms with van der Waals surface area (Å²) in [5.74, 6) is 0.538. The fourth-order valence-corrected chi connectivity index (χ4v) is 7.22. The summed E-state index contributed by atoms with van der Waals surface area (Å²) in [6, 6.07) is 24.5. The molecule has 268 valence electrons. The molecular formula is C40H36N6O7. The molecule has 0 aliphatic carbocycles. The summed E-state index contributed by atoms with van der Waals surface area (Å²) in [4.78, 5) is 39.8. The number of carbonyl (C=O) groups is 1. The number of fused-ring (bicyclic) bond motifs is 5. The lowest BCUT2D eigenvalue weighted by atomic mass is 10.0. The third kappa shape index (κ3) is 6.28. The number of hydrogen-bond acceptors (Lipinski definition) is 10. The highest BCUT2D eigenvalue weighted by molar-refractivity contribution is 6.05. The normalized spacial score (nSPS) is 20.2. The molecule has 53 heavy (non-hydrogen) atoms. The highest BCUT2D eigenvalue weighted by Gasteiger charge is 2.48. The molecular weight excluding hydrogens is 676 g/mol. The van der Waals surface area contributed by atoms with Gasteiger partial charge >= 0.3 is 0 Å². The number of carbonyl (C=O) groups excluding carboxylic acids is 1. The Labute approximate surface area is 302 Å². The van der Waals surface area contributed by atoms with Crippen molar-refractivity contribution in [3.8, 4) is 17.1 Å². The van der Waals surface area contributed by atoms with Gasteiger partial charge in [-0.15, -0.1) is 0 Å². The van der Waals surface area contributed by atoms with Crippen LogP contribution in [-0.4, -0.2) is 68.2 Å². The van der Waals surface area contributed by atoms with Crippen LogP contribution in [0.1, 0.15) is 24.2 Å². The number of hydrogen-bond donors (Lipinski definition) is 4. The highest BCUT2D eigenvalue weighted by Crippen LogP contribution is 2.33. The van der Waals surface area contributed by atoms with Gasteiger partial charge in [0.1, 0.15) is 53.3 Å². The van der Waals surface area contributed by atoms with Crippen molar-refractivity contribution in [2.24, 2.45) is 0 Å². The minimum absolute atomic E-state index is 0.213. The second-order valence-corrected chi connectivity index (χ2v) is 13.5. The first-order chi connectivity index (χ1) is 25.9. The van der Waals surface area contributed by atoms with Gasteiger partial charge in [0, 0.05) is 51.4 Å². The molecule has 0 spiro atoms. The van der Waals surface area contributed by atoms with E-state index >= 15 is 0 Å². The summed E-state index contributed by atoms with van der Waals surface area (Å²) in [5.41, 5.74) is 4.76. The Balaban J connectivity index is 0.983. The number of para-hydroxylation sites is 1. The van der Waals surface area contributed by atoms with Crippen LogP contribution < -0.4 is 20.9 Å². The van der Waals surface area contributed by atoms with Gasteiger partial charge in [-0.3, -0.25) is 19.1 Å². The summed E-state index contributed by atoms with van der Waals surface area (Å²) < 4.78 is 24.9. The van der Waals surface area contributed by atoms with E-state index in [0.717, 1.165) is 44.1 Å². The molecule has 2 saturated heterocycles. The van der Waals surface area contributed by atoms with Crippen molar-refractivity contribution in [2.75, 3.05) is 18.5 Å². The molecule has 13 nitrogen and oxygen atoms in total. The minimum Gasteiger partial charge on any atom is -0.485 e. The third-order valence-corrected chi connectivity index (χ3v) is 9.96. The Morgan fingerprint density at radius 1 is 1.00 bits per heavy atom. The van der Waals surface area contributed by atoms with E-state index in [1.807, 2.05) is 55.5 Å². The largest absolute Gasteiger partial charge is 0.485 e. The van der Waals surface area contributed by atoms with Gasteiger partial charge in [-0.05, 0) is 67.1 Å². The van der Waals surface area contributed by atoms with E-state index < -0.39 is 17.8 Å². The van der Waals surface area contributed by atoms with Crippen LogP contribution in [0, 0.1) is 0 Å². The number of furan rings is 1. The molecule has 6 heterocycles. The lowest BCUT2D eigenvalue weighted by molar-refractivity contribution is -0.121. The number of anilines is 1. The molecule has 7 aromatic rings. The zero-order valence-corrected chi connectivity index (χ0v) is 28.7. The van der Waals surface area contributed by atoms with Gasteiger partial charge < -0.3 is 39.4 Å². The van der Waals surface area contributed by atoms with Crippen LogP contribution in [0.5, 0.6) is 5.75 Å².